The average molecular weight is 581 g/mol. The molecule has 0 bridgehead atoms. The molecule has 0 spiro atoms. The third kappa shape index (κ3) is 9.60. The monoisotopic (exact) mass is 580 g/mol. The molecule has 42 heavy (non-hydrogen) atoms. The number of ketones is 1. The van der Waals surface area contributed by atoms with Gasteiger partial charge in [-0.05, 0) is 62.8 Å². The van der Waals surface area contributed by atoms with Crippen LogP contribution < -0.4 is 5.32 Å². The van der Waals surface area contributed by atoms with Gasteiger partial charge in [-0.15, -0.1) is 0 Å². The number of Topliss-reactive ketones (excluding diaryl/α,β-unsaturated/α-hetero) is 1. The molecule has 0 aromatic heterocycles. The van der Waals surface area contributed by atoms with E-state index in [-0.39, 0.29) is 23.5 Å². The molecule has 3 N–H and O–H groups in total. The van der Waals surface area contributed by atoms with E-state index in [0.717, 1.165) is 36.8 Å². The summed E-state index contributed by atoms with van der Waals surface area (Å²) in [6.07, 6.45) is 10.2. The highest BCUT2D eigenvalue weighted by Gasteiger charge is 2.49. The van der Waals surface area contributed by atoms with E-state index in [0.29, 0.717) is 38.0 Å². The van der Waals surface area contributed by atoms with Crippen LogP contribution in [-0.2, 0) is 16.0 Å². The van der Waals surface area contributed by atoms with Crippen LogP contribution in [0.3, 0.4) is 0 Å². The third-order valence-corrected chi connectivity index (χ3v) is 9.09. The molecule has 1 aliphatic carbocycles. The first-order valence-corrected chi connectivity index (χ1v) is 16.3. The van der Waals surface area contributed by atoms with Gasteiger partial charge in [-0.1, -0.05) is 102 Å². The van der Waals surface area contributed by atoms with Crippen LogP contribution in [0.1, 0.15) is 105 Å². The lowest BCUT2D eigenvalue weighted by molar-refractivity contribution is -0.135. The molecule has 2 aliphatic rings. The predicted octanol–water partition coefficient (Wildman–Crippen LogP) is 6.48. The summed E-state index contributed by atoms with van der Waals surface area (Å²) in [5.74, 6) is -0.622. The van der Waals surface area contributed by atoms with Crippen molar-refractivity contribution in [2.24, 2.45) is 34.6 Å². The van der Waals surface area contributed by atoms with Crippen LogP contribution in [0.5, 0.6) is 0 Å². The number of hydrogen-bond donors (Lipinski definition) is 3. The SMILES string of the molecule is CC(C)=CC[C@]1(Cc2ccccc2)N=CC([C@@H](CC(C)C)C(=O)N[C@@H](CC2CCCCC2)C(O)C(O)CC(C)C)C1=O. The van der Waals surface area contributed by atoms with Crippen LogP contribution in [0.15, 0.2) is 47.0 Å². The number of aliphatic hydroxyl groups is 2. The molecule has 0 radical (unpaired) electrons. The summed E-state index contributed by atoms with van der Waals surface area (Å²) in [7, 11) is 0. The van der Waals surface area contributed by atoms with Gasteiger partial charge in [0.25, 0.3) is 0 Å². The lowest BCUT2D eigenvalue weighted by atomic mass is 9.75. The van der Waals surface area contributed by atoms with Crippen LogP contribution in [0.4, 0.5) is 0 Å². The van der Waals surface area contributed by atoms with Crippen LogP contribution in [0.2, 0.25) is 0 Å². The second-order valence-electron chi connectivity index (χ2n) is 14.1. The largest absolute Gasteiger partial charge is 0.390 e. The Morgan fingerprint density at radius 1 is 1.02 bits per heavy atom. The molecule has 1 amide bonds. The molecular formula is C36H56N2O4. The van der Waals surface area contributed by atoms with Crippen molar-refractivity contribution in [3.8, 4) is 0 Å². The minimum atomic E-state index is -1.05. The van der Waals surface area contributed by atoms with E-state index in [1.165, 1.54) is 6.42 Å². The lowest BCUT2D eigenvalue weighted by Gasteiger charge is -2.34. The molecule has 3 unspecified atom stereocenters. The van der Waals surface area contributed by atoms with Crippen molar-refractivity contribution >= 4 is 17.9 Å². The van der Waals surface area contributed by atoms with Gasteiger partial charge in [-0.3, -0.25) is 14.6 Å². The fourth-order valence-corrected chi connectivity index (χ4v) is 6.79. The van der Waals surface area contributed by atoms with E-state index < -0.39 is 35.6 Å². The summed E-state index contributed by atoms with van der Waals surface area (Å²) in [5.41, 5.74) is 1.24. The number of aliphatic hydroxyl groups excluding tert-OH is 2. The van der Waals surface area contributed by atoms with Gasteiger partial charge < -0.3 is 15.5 Å². The minimum absolute atomic E-state index is 0.00567. The number of nitrogens with one attached hydrogen (secondary N) is 1. The molecule has 1 fully saturated rings. The van der Waals surface area contributed by atoms with Gasteiger partial charge in [0, 0.05) is 12.6 Å². The Hall–Kier alpha value is -2.31. The molecule has 1 aromatic rings. The van der Waals surface area contributed by atoms with Crippen molar-refractivity contribution in [3.05, 3.63) is 47.5 Å². The van der Waals surface area contributed by atoms with Crippen molar-refractivity contribution in [1.29, 1.82) is 0 Å². The second kappa shape index (κ2) is 16.0. The molecular weight excluding hydrogens is 524 g/mol. The summed E-state index contributed by atoms with van der Waals surface area (Å²) in [6.45, 7) is 12.2. The van der Waals surface area contributed by atoms with Gasteiger partial charge in [0.2, 0.25) is 5.91 Å². The van der Waals surface area contributed by atoms with Gasteiger partial charge in [0.05, 0.1) is 24.0 Å². The average Bonchev–Trinajstić information content (AvgIpc) is 3.25. The standard InChI is InChI=1S/C36H56N2O4/c1-24(2)17-18-36(22-28-15-11-8-12-16-28)34(41)30(23-37-36)29(19-25(3)4)35(42)38-31(21-27-13-9-7-10-14-27)33(40)32(39)20-26(5)6/h8,11-12,15-17,23,25-27,29-33,39-40H,7,9-10,13-14,18-22H2,1-6H3,(H,38,42)/t29-,30?,31+,32?,33?,36-/m1/s1. The van der Waals surface area contributed by atoms with E-state index in [1.54, 1.807) is 6.21 Å². The highest BCUT2D eigenvalue weighted by atomic mass is 16.3. The Morgan fingerprint density at radius 3 is 2.26 bits per heavy atom. The van der Waals surface area contributed by atoms with Gasteiger partial charge in [-0.2, -0.15) is 0 Å². The Labute approximate surface area is 254 Å². The number of allylic oxidation sites excluding steroid dienone is 1. The first kappa shape index (κ1) is 34.2. The zero-order valence-corrected chi connectivity index (χ0v) is 26.9. The Morgan fingerprint density at radius 2 is 1.67 bits per heavy atom. The highest BCUT2D eigenvalue weighted by Crippen LogP contribution is 2.37. The van der Waals surface area contributed by atoms with Gasteiger partial charge in [0.15, 0.2) is 5.78 Å². The quantitative estimate of drug-likeness (QED) is 0.207. The number of rotatable bonds is 15. The van der Waals surface area contributed by atoms with Crippen molar-refractivity contribution in [3.63, 3.8) is 0 Å². The highest BCUT2D eigenvalue weighted by molar-refractivity contribution is 6.09. The van der Waals surface area contributed by atoms with Crippen LogP contribution >= 0.6 is 0 Å². The zero-order chi connectivity index (χ0) is 30.9. The van der Waals surface area contributed by atoms with Gasteiger partial charge >= 0.3 is 0 Å². The molecule has 234 valence electrons. The Balaban J connectivity index is 1.87. The van der Waals surface area contributed by atoms with Crippen LogP contribution in [0, 0.1) is 29.6 Å². The van der Waals surface area contributed by atoms with Crippen molar-refractivity contribution in [1.82, 2.24) is 5.32 Å². The summed E-state index contributed by atoms with van der Waals surface area (Å²) in [4.78, 5) is 33.3. The van der Waals surface area contributed by atoms with E-state index in [4.69, 9.17) is 4.99 Å². The van der Waals surface area contributed by atoms with Crippen LogP contribution in [-0.4, -0.2) is 51.9 Å². The van der Waals surface area contributed by atoms with Crippen LogP contribution in [0.25, 0.3) is 0 Å². The molecule has 1 saturated carbocycles. The molecule has 6 nitrogen and oxygen atoms in total. The summed E-state index contributed by atoms with van der Waals surface area (Å²) < 4.78 is 0. The van der Waals surface area contributed by atoms with Crippen molar-refractivity contribution < 1.29 is 19.8 Å². The first-order valence-electron chi connectivity index (χ1n) is 16.3. The minimum Gasteiger partial charge on any atom is -0.390 e. The topological polar surface area (TPSA) is 99.0 Å². The van der Waals surface area contributed by atoms with Crippen molar-refractivity contribution in [2.75, 3.05) is 0 Å². The number of hydrogen-bond acceptors (Lipinski definition) is 5. The van der Waals surface area contributed by atoms with E-state index in [1.807, 2.05) is 58.0 Å². The fraction of sp³-hybridized carbons (Fsp3) is 0.694. The summed E-state index contributed by atoms with van der Waals surface area (Å²) in [5, 5.41) is 25.3. The number of carbonyl (C=O) groups is 2. The molecule has 6 heteroatoms. The van der Waals surface area contributed by atoms with Crippen molar-refractivity contribution in [2.45, 2.75) is 130 Å². The first-order chi connectivity index (χ1) is 19.9. The maximum absolute atomic E-state index is 14.3. The van der Waals surface area contributed by atoms with Gasteiger partial charge in [-0.25, -0.2) is 0 Å². The molecule has 1 aromatic carbocycles. The Kier molecular flexibility index (Phi) is 13.0. The molecule has 3 rings (SSSR count). The molecule has 6 atom stereocenters. The van der Waals surface area contributed by atoms with E-state index in [9.17, 15) is 19.8 Å². The number of amides is 1. The molecule has 0 saturated heterocycles. The number of nitrogens with zero attached hydrogens (tertiary/aromatic N) is 1. The molecule has 1 heterocycles. The smallest absolute Gasteiger partial charge is 0.224 e. The summed E-state index contributed by atoms with van der Waals surface area (Å²) >= 11 is 0. The predicted molar refractivity (Wildman–Crippen MR) is 171 cm³/mol. The zero-order valence-electron chi connectivity index (χ0n) is 26.9. The number of aliphatic imine (C=N–C) groups is 1. The second-order valence-corrected chi connectivity index (χ2v) is 14.1. The number of carbonyl (C=O) groups excluding carboxylic acids is 2. The lowest BCUT2D eigenvalue weighted by Crippen LogP contribution is -2.53. The normalized spacial score (nSPS) is 24.0. The third-order valence-electron chi connectivity index (χ3n) is 9.09. The Bertz CT molecular complexity index is 1060. The maximum atomic E-state index is 14.3. The van der Waals surface area contributed by atoms with E-state index >= 15 is 0 Å². The van der Waals surface area contributed by atoms with E-state index in [2.05, 4.69) is 25.2 Å². The molecule has 1 aliphatic heterocycles. The fourth-order valence-electron chi connectivity index (χ4n) is 6.79. The summed E-state index contributed by atoms with van der Waals surface area (Å²) in [6, 6.07) is 9.42. The van der Waals surface area contributed by atoms with Gasteiger partial charge in [0.1, 0.15) is 11.6 Å². The number of benzene rings is 1. The maximum Gasteiger partial charge on any atom is 0.224 e.